The molecule has 1 aliphatic heterocycles. The number of carbonyl (C=O) groups excluding carboxylic acids is 1. The Bertz CT molecular complexity index is 1130. The molecule has 0 atom stereocenters. The maximum atomic E-state index is 13.1. The van der Waals surface area contributed by atoms with Crippen LogP contribution in [0.1, 0.15) is 35.2 Å². The Morgan fingerprint density at radius 1 is 1.12 bits per heavy atom. The summed E-state index contributed by atoms with van der Waals surface area (Å²) in [4.78, 5) is 23.8. The van der Waals surface area contributed by atoms with E-state index in [1.807, 2.05) is 0 Å². The Balaban J connectivity index is 1.90. The molecule has 2 aromatic carbocycles. The normalized spacial score (nSPS) is 14.6. The fourth-order valence-corrected chi connectivity index (χ4v) is 5.16. The van der Waals surface area contributed by atoms with Crippen LogP contribution >= 0.6 is 0 Å². The Labute approximate surface area is 193 Å². The minimum atomic E-state index is -3.68. The molecule has 33 heavy (non-hydrogen) atoms. The number of non-ortho nitro benzene ring substituents is 1. The highest BCUT2D eigenvalue weighted by Crippen LogP contribution is 2.27. The highest BCUT2D eigenvalue weighted by molar-refractivity contribution is 7.89. The minimum Gasteiger partial charge on any atom is -0.383 e. The lowest BCUT2D eigenvalue weighted by Gasteiger charge is -2.26. The van der Waals surface area contributed by atoms with Gasteiger partial charge in [-0.2, -0.15) is 4.31 Å². The van der Waals surface area contributed by atoms with Gasteiger partial charge in [-0.3, -0.25) is 14.9 Å². The summed E-state index contributed by atoms with van der Waals surface area (Å²) in [5, 5.41) is 17.0. The minimum absolute atomic E-state index is 0.0731. The summed E-state index contributed by atoms with van der Waals surface area (Å²) in [6.45, 7) is 3.48. The number of benzene rings is 2. The highest BCUT2D eigenvalue weighted by Gasteiger charge is 2.27. The highest BCUT2D eigenvalue weighted by atomic mass is 32.2. The van der Waals surface area contributed by atoms with Crippen molar-refractivity contribution in [1.29, 1.82) is 0 Å². The van der Waals surface area contributed by atoms with Gasteiger partial charge in [0, 0.05) is 50.3 Å². The molecule has 0 saturated carbocycles. The standard InChI is InChI=1S/C22H28N4O6S/c1-16-6-8-18(33(30,31)25-11-4-3-5-12-25)15-21(16)24-22(27)19-14-17(26(28)29)7-9-20(19)23-10-13-32-2/h6-9,14-15,23H,3-5,10-13H2,1-2H3,(H,24,27). The topological polar surface area (TPSA) is 131 Å². The van der Waals surface area contributed by atoms with Crippen molar-refractivity contribution in [2.45, 2.75) is 31.1 Å². The lowest BCUT2D eigenvalue weighted by Crippen LogP contribution is -2.35. The van der Waals surface area contributed by atoms with E-state index in [1.54, 1.807) is 20.1 Å². The zero-order chi connectivity index (χ0) is 24.0. The average Bonchev–Trinajstić information content (AvgIpc) is 2.81. The first-order valence-electron chi connectivity index (χ1n) is 10.7. The molecule has 1 amide bonds. The van der Waals surface area contributed by atoms with E-state index in [-0.39, 0.29) is 16.1 Å². The summed E-state index contributed by atoms with van der Waals surface area (Å²) >= 11 is 0. The molecular weight excluding hydrogens is 448 g/mol. The average molecular weight is 477 g/mol. The first-order chi connectivity index (χ1) is 15.7. The molecule has 1 saturated heterocycles. The number of ether oxygens (including phenoxy) is 1. The number of aryl methyl sites for hydroxylation is 1. The Morgan fingerprint density at radius 2 is 1.85 bits per heavy atom. The molecule has 11 heteroatoms. The van der Waals surface area contributed by atoms with E-state index < -0.39 is 20.9 Å². The van der Waals surface area contributed by atoms with Crippen LogP contribution < -0.4 is 10.6 Å². The van der Waals surface area contributed by atoms with Gasteiger partial charge in [0.2, 0.25) is 10.0 Å². The van der Waals surface area contributed by atoms with Crippen LogP contribution in [0.3, 0.4) is 0 Å². The molecule has 178 valence electrons. The molecule has 2 N–H and O–H groups in total. The molecule has 1 heterocycles. The maximum absolute atomic E-state index is 13.1. The van der Waals surface area contributed by atoms with Crippen molar-refractivity contribution in [3.05, 3.63) is 57.6 Å². The van der Waals surface area contributed by atoms with Crippen molar-refractivity contribution in [2.24, 2.45) is 0 Å². The van der Waals surface area contributed by atoms with E-state index in [0.29, 0.717) is 43.2 Å². The number of hydrogen-bond donors (Lipinski definition) is 2. The second-order valence-corrected chi connectivity index (χ2v) is 9.74. The Hall–Kier alpha value is -3.02. The van der Waals surface area contributed by atoms with E-state index in [2.05, 4.69) is 10.6 Å². The number of methoxy groups -OCH3 is 1. The fourth-order valence-electron chi connectivity index (χ4n) is 3.62. The third kappa shape index (κ3) is 5.86. The number of piperidine rings is 1. The molecule has 0 aliphatic carbocycles. The van der Waals surface area contributed by atoms with E-state index in [0.717, 1.165) is 19.3 Å². The molecule has 0 radical (unpaired) electrons. The molecule has 3 rings (SSSR count). The predicted octanol–water partition coefficient (Wildman–Crippen LogP) is 3.39. The number of hydrogen-bond acceptors (Lipinski definition) is 7. The molecule has 10 nitrogen and oxygen atoms in total. The summed E-state index contributed by atoms with van der Waals surface area (Å²) in [6.07, 6.45) is 2.64. The third-order valence-electron chi connectivity index (χ3n) is 5.49. The number of nitro groups is 1. The van der Waals surface area contributed by atoms with Crippen molar-refractivity contribution in [2.75, 3.05) is 44.0 Å². The van der Waals surface area contributed by atoms with Gasteiger partial charge in [-0.25, -0.2) is 8.42 Å². The second-order valence-electron chi connectivity index (χ2n) is 7.80. The lowest BCUT2D eigenvalue weighted by molar-refractivity contribution is -0.384. The van der Waals surface area contributed by atoms with Crippen LogP contribution in [0, 0.1) is 17.0 Å². The number of rotatable bonds is 9. The lowest BCUT2D eigenvalue weighted by atomic mass is 10.1. The number of nitrogens with zero attached hydrogens (tertiary/aromatic N) is 2. The molecular formula is C22H28N4O6S. The number of amides is 1. The van der Waals surface area contributed by atoms with Gasteiger partial charge in [0.05, 0.1) is 22.0 Å². The molecule has 2 aromatic rings. The summed E-state index contributed by atoms with van der Waals surface area (Å²) in [7, 11) is -2.14. The first kappa shape index (κ1) is 24.6. The van der Waals surface area contributed by atoms with Crippen molar-refractivity contribution in [3.8, 4) is 0 Å². The number of anilines is 2. The van der Waals surface area contributed by atoms with Crippen molar-refractivity contribution in [1.82, 2.24) is 4.31 Å². The van der Waals surface area contributed by atoms with Gasteiger partial charge in [-0.15, -0.1) is 0 Å². The SMILES string of the molecule is COCCNc1ccc([N+](=O)[O-])cc1C(=O)Nc1cc(S(=O)(=O)N2CCCCC2)ccc1C. The smallest absolute Gasteiger partial charge is 0.270 e. The molecule has 0 spiro atoms. The Kier molecular flexibility index (Phi) is 8.01. The van der Waals surface area contributed by atoms with Gasteiger partial charge in [0.1, 0.15) is 0 Å². The van der Waals surface area contributed by atoms with Crippen LogP contribution in [0.5, 0.6) is 0 Å². The van der Waals surface area contributed by atoms with Gasteiger partial charge in [0.25, 0.3) is 11.6 Å². The summed E-state index contributed by atoms with van der Waals surface area (Å²) in [6, 6.07) is 8.56. The van der Waals surface area contributed by atoms with Gasteiger partial charge >= 0.3 is 0 Å². The number of nitro benzene ring substituents is 1. The Morgan fingerprint density at radius 3 is 2.52 bits per heavy atom. The van der Waals surface area contributed by atoms with E-state index >= 15 is 0 Å². The van der Waals surface area contributed by atoms with Crippen molar-refractivity contribution < 1.29 is 22.9 Å². The van der Waals surface area contributed by atoms with Gasteiger partial charge < -0.3 is 15.4 Å². The monoisotopic (exact) mass is 476 g/mol. The molecule has 0 bridgehead atoms. The van der Waals surface area contributed by atoms with Crippen LogP contribution in [-0.2, 0) is 14.8 Å². The van der Waals surface area contributed by atoms with Gasteiger partial charge in [-0.1, -0.05) is 12.5 Å². The van der Waals surface area contributed by atoms with Crippen LogP contribution in [0.4, 0.5) is 17.1 Å². The predicted molar refractivity (Wildman–Crippen MR) is 125 cm³/mol. The summed E-state index contributed by atoms with van der Waals surface area (Å²) < 4.78 is 32.6. The summed E-state index contributed by atoms with van der Waals surface area (Å²) in [5.41, 5.74) is 1.25. The largest absolute Gasteiger partial charge is 0.383 e. The van der Waals surface area contributed by atoms with Crippen LogP contribution in [0.2, 0.25) is 0 Å². The second kappa shape index (κ2) is 10.7. The van der Waals surface area contributed by atoms with Crippen LogP contribution in [-0.4, -0.2) is 56.9 Å². The molecule has 0 aromatic heterocycles. The van der Waals surface area contributed by atoms with E-state index in [1.165, 1.54) is 34.6 Å². The van der Waals surface area contributed by atoms with Crippen molar-refractivity contribution in [3.63, 3.8) is 0 Å². The molecule has 1 fully saturated rings. The van der Waals surface area contributed by atoms with Gasteiger partial charge in [0.15, 0.2) is 0 Å². The molecule has 1 aliphatic rings. The van der Waals surface area contributed by atoms with E-state index in [9.17, 15) is 23.3 Å². The third-order valence-corrected chi connectivity index (χ3v) is 7.38. The quantitative estimate of drug-likeness (QED) is 0.322. The van der Waals surface area contributed by atoms with Crippen molar-refractivity contribution >= 4 is 33.0 Å². The number of sulfonamides is 1. The first-order valence-corrected chi connectivity index (χ1v) is 12.1. The van der Waals surface area contributed by atoms with Gasteiger partial charge in [-0.05, 0) is 43.5 Å². The zero-order valence-electron chi connectivity index (χ0n) is 18.7. The summed E-state index contributed by atoms with van der Waals surface area (Å²) in [5.74, 6) is -0.589. The number of nitrogens with one attached hydrogen (secondary N) is 2. The maximum Gasteiger partial charge on any atom is 0.270 e. The van der Waals surface area contributed by atoms with Crippen LogP contribution in [0.15, 0.2) is 41.3 Å². The van der Waals surface area contributed by atoms with Crippen LogP contribution in [0.25, 0.3) is 0 Å². The fraction of sp³-hybridized carbons (Fsp3) is 0.409. The number of carbonyl (C=O) groups is 1. The van der Waals surface area contributed by atoms with E-state index in [4.69, 9.17) is 4.74 Å². The zero-order valence-corrected chi connectivity index (χ0v) is 19.5. The molecule has 0 unspecified atom stereocenters.